The monoisotopic (exact) mass is 290 g/mol. The maximum Gasteiger partial charge on any atom is 0.410 e. The number of imidazole rings is 1. The van der Waals surface area contributed by atoms with E-state index in [4.69, 9.17) is 4.74 Å². The molecule has 0 saturated carbocycles. The number of anilines is 1. The van der Waals surface area contributed by atoms with E-state index < -0.39 is 5.60 Å². The fourth-order valence-corrected chi connectivity index (χ4v) is 1.81. The first-order valence-electron chi connectivity index (χ1n) is 6.98. The predicted molar refractivity (Wildman–Crippen MR) is 83.4 cm³/mol. The third-order valence-corrected chi connectivity index (χ3v) is 2.83. The number of aromatic amines is 1. The summed E-state index contributed by atoms with van der Waals surface area (Å²) in [6.45, 7) is 6.68. The molecule has 2 rings (SSSR count). The highest BCUT2D eigenvalue weighted by Gasteiger charge is 2.19. The molecular weight excluding hydrogens is 268 g/mol. The van der Waals surface area contributed by atoms with Crippen LogP contribution >= 0.6 is 0 Å². The summed E-state index contributed by atoms with van der Waals surface area (Å²) in [5, 5.41) is 3.17. The van der Waals surface area contributed by atoms with E-state index in [0.717, 1.165) is 11.0 Å². The minimum Gasteiger partial charge on any atom is -0.444 e. The van der Waals surface area contributed by atoms with Gasteiger partial charge in [0.15, 0.2) is 0 Å². The molecule has 0 bridgehead atoms. The van der Waals surface area contributed by atoms with Gasteiger partial charge in [0.25, 0.3) is 0 Å². The fourth-order valence-electron chi connectivity index (χ4n) is 1.81. The molecule has 0 fully saturated rings. The van der Waals surface area contributed by atoms with Crippen molar-refractivity contribution >= 4 is 23.1 Å². The minimum absolute atomic E-state index is 0.325. The zero-order valence-corrected chi connectivity index (χ0v) is 12.9. The second kappa shape index (κ2) is 6.03. The Kier molecular flexibility index (Phi) is 4.35. The number of carbonyl (C=O) groups is 1. The van der Waals surface area contributed by atoms with Gasteiger partial charge in [0.2, 0.25) is 5.95 Å². The topological polar surface area (TPSA) is 70.2 Å². The molecular formula is C15H22N4O2. The van der Waals surface area contributed by atoms with Gasteiger partial charge in [-0.2, -0.15) is 0 Å². The van der Waals surface area contributed by atoms with Crippen LogP contribution in [0, 0.1) is 0 Å². The van der Waals surface area contributed by atoms with Gasteiger partial charge in [-0.05, 0) is 32.9 Å². The number of fused-ring (bicyclic) bond motifs is 1. The Morgan fingerprint density at radius 2 is 2.10 bits per heavy atom. The summed E-state index contributed by atoms with van der Waals surface area (Å²) in [4.78, 5) is 20.9. The van der Waals surface area contributed by atoms with E-state index in [2.05, 4.69) is 15.3 Å². The fraction of sp³-hybridized carbons (Fsp3) is 0.467. The van der Waals surface area contributed by atoms with Gasteiger partial charge in [-0.3, -0.25) is 0 Å². The summed E-state index contributed by atoms with van der Waals surface area (Å²) < 4.78 is 5.29. The molecule has 1 amide bonds. The number of benzene rings is 1. The van der Waals surface area contributed by atoms with Crippen LogP contribution in [-0.4, -0.2) is 46.7 Å². The molecule has 6 heteroatoms. The normalized spacial score (nSPS) is 11.4. The average molecular weight is 290 g/mol. The zero-order valence-electron chi connectivity index (χ0n) is 12.9. The summed E-state index contributed by atoms with van der Waals surface area (Å²) in [6, 6.07) is 7.83. The maximum absolute atomic E-state index is 11.8. The van der Waals surface area contributed by atoms with Crippen molar-refractivity contribution in [3.05, 3.63) is 24.3 Å². The van der Waals surface area contributed by atoms with Crippen LogP contribution in [0.5, 0.6) is 0 Å². The quantitative estimate of drug-likeness (QED) is 0.908. The van der Waals surface area contributed by atoms with Crippen LogP contribution in [0.15, 0.2) is 24.3 Å². The molecule has 0 radical (unpaired) electrons. The highest BCUT2D eigenvalue weighted by Crippen LogP contribution is 2.13. The number of rotatable bonds is 4. The summed E-state index contributed by atoms with van der Waals surface area (Å²) in [5.41, 5.74) is 1.43. The molecule has 0 aliphatic heterocycles. The number of para-hydroxylation sites is 2. The molecule has 1 heterocycles. The average Bonchev–Trinajstić information content (AvgIpc) is 2.79. The number of hydrogen-bond acceptors (Lipinski definition) is 4. The van der Waals surface area contributed by atoms with Crippen molar-refractivity contribution in [3.63, 3.8) is 0 Å². The zero-order chi connectivity index (χ0) is 15.5. The van der Waals surface area contributed by atoms with Gasteiger partial charge in [0.1, 0.15) is 5.60 Å². The van der Waals surface area contributed by atoms with Gasteiger partial charge in [0.05, 0.1) is 11.0 Å². The van der Waals surface area contributed by atoms with Crippen molar-refractivity contribution < 1.29 is 9.53 Å². The minimum atomic E-state index is -0.475. The maximum atomic E-state index is 11.8. The van der Waals surface area contributed by atoms with Crippen LogP contribution in [0.2, 0.25) is 0 Å². The Labute approximate surface area is 124 Å². The second-order valence-electron chi connectivity index (χ2n) is 5.93. The lowest BCUT2D eigenvalue weighted by molar-refractivity contribution is 0.0305. The highest BCUT2D eigenvalue weighted by molar-refractivity contribution is 5.77. The third-order valence-electron chi connectivity index (χ3n) is 2.83. The molecule has 0 aliphatic carbocycles. The number of likely N-dealkylation sites (N-methyl/N-ethyl adjacent to an activating group) is 1. The third kappa shape index (κ3) is 4.37. The number of H-pyrrole nitrogens is 1. The van der Waals surface area contributed by atoms with Crippen molar-refractivity contribution in [3.8, 4) is 0 Å². The molecule has 0 aliphatic rings. The van der Waals surface area contributed by atoms with Gasteiger partial charge in [0, 0.05) is 20.1 Å². The van der Waals surface area contributed by atoms with Gasteiger partial charge in [-0.1, -0.05) is 12.1 Å². The summed E-state index contributed by atoms with van der Waals surface area (Å²) in [5.74, 6) is 0.703. The van der Waals surface area contributed by atoms with Gasteiger partial charge < -0.3 is 19.9 Å². The molecule has 0 unspecified atom stereocenters. The van der Waals surface area contributed by atoms with Crippen molar-refractivity contribution in [1.29, 1.82) is 0 Å². The van der Waals surface area contributed by atoms with E-state index in [0.29, 0.717) is 19.0 Å². The first-order chi connectivity index (χ1) is 9.85. The van der Waals surface area contributed by atoms with Gasteiger partial charge in [-0.15, -0.1) is 0 Å². The molecule has 2 N–H and O–H groups in total. The number of ether oxygens (including phenoxy) is 1. The van der Waals surface area contributed by atoms with Crippen molar-refractivity contribution in [2.24, 2.45) is 0 Å². The Hall–Kier alpha value is -2.24. The number of nitrogens with one attached hydrogen (secondary N) is 2. The molecule has 1 aromatic carbocycles. The summed E-state index contributed by atoms with van der Waals surface area (Å²) in [6.07, 6.45) is -0.325. The SMILES string of the molecule is CN(CCNc1nc2ccccc2[nH]1)C(=O)OC(C)(C)C. The number of aromatic nitrogens is 2. The van der Waals surface area contributed by atoms with Crippen molar-refractivity contribution in [2.75, 3.05) is 25.5 Å². The first-order valence-corrected chi connectivity index (χ1v) is 6.98. The molecule has 6 nitrogen and oxygen atoms in total. The molecule has 0 atom stereocenters. The van der Waals surface area contributed by atoms with Crippen LogP contribution in [-0.2, 0) is 4.74 Å². The van der Waals surface area contributed by atoms with Gasteiger partial charge in [-0.25, -0.2) is 9.78 Å². The molecule has 2 aromatic rings. The van der Waals surface area contributed by atoms with E-state index in [1.165, 1.54) is 0 Å². The highest BCUT2D eigenvalue weighted by atomic mass is 16.6. The molecule has 21 heavy (non-hydrogen) atoms. The number of nitrogens with zero attached hydrogens (tertiary/aromatic N) is 2. The Bertz CT molecular complexity index is 582. The molecule has 0 spiro atoms. The lowest BCUT2D eigenvalue weighted by Gasteiger charge is -2.24. The van der Waals surface area contributed by atoms with E-state index in [9.17, 15) is 4.79 Å². The molecule has 114 valence electrons. The van der Waals surface area contributed by atoms with Gasteiger partial charge >= 0.3 is 6.09 Å². The summed E-state index contributed by atoms with van der Waals surface area (Å²) >= 11 is 0. The molecule has 0 saturated heterocycles. The smallest absolute Gasteiger partial charge is 0.410 e. The lowest BCUT2D eigenvalue weighted by Crippen LogP contribution is -2.36. The van der Waals surface area contributed by atoms with E-state index in [1.54, 1.807) is 11.9 Å². The first kappa shape index (κ1) is 15.2. The van der Waals surface area contributed by atoms with Crippen LogP contribution < -0.4 is 5.32 Å². The number of hydrogen-bond donors (Lipinski definition) is 2. The van der Waals surface area contributed by atoms with Crippen LogP contribution in [0.4, 0.5) is 10.7 Å². The Morgan fingerprint density at radius 3 is 2.76 bits per heavy atom. The van der Waals surface area contributed by atoms with E-state index >= 15 is 0 Å². The van der Waals surface area contributed by atoms with Crippen LogP contribution in [0.1, 0.15) is 20.8 Å². The predicted octanol–water partition coefficient (Wildman–Crippen LogP) is 2.84. The largest absolute Gasteiger partial charge is 0.444 e. The van der Waals surface area contributed by atoms with Crippen LogP contribution in [0.3, 0.4) is 0 Å². The van der Waals surface area contributed by atoms with E-state index in [-0.39, 0.29) is 6.09 Å². The summed E-state index contributed by atoms with van der Waals surface area (Å²) in [7, 11) is 1.72. The van der Waals surface area contributed by atoms with Crippen LogP contribution in [0.25, 0.3) is 11.0 Å². The second-order valence-corrected chi connectivity index (χ2v) is 5.93. The van der Waals surface area contributed by atoms with Crippen molar-refractivity contribution in [1.82, 2.24) is 14.9 Å². The number of amides is 1. The number of carbonyl (C=O) groups excluding carboxylic acids is 1. The Morgan fingerprint density at radius 1 is 1.38 bits per heavy atom. The lowest BCUT2D eigenvalue weighted by atomic mass is 10.2. The molecule has 1 aromatic heterocycles. The standard InChI is InChI=1S/C15H22N4O2/c1-15(2,3)21-14(20)19(4)10-9-16-13-17-11-7-5-6-8-12(11)18-13/h5-8H,9-10H2,1-4H3,(H2,16,17,18). The Balaban J connectivity index is 1.82. The van der Waals surface area contributed by atoms with E-state index in [1.807, 2.05) is 45.0 Å². The van der Waals surface area contributed by atoms with Crippen molar-refractivity contribution in [2.45, 2.75) is 26.4 Å².